The minimum atomic E-state index is 0.699. The van der Waals surface area contributed by atoms with E-state index in [1.54, 1.807) is 0 Å². The van der Waals surface area contributed by atoms with Gasteiger partial charge in [0.2, 0.25) is 0 Å². The topological polar surface area (TPSA) is 33.4 Å². The average molecular weight is 309 g/mol. The van der Waals surface area contributed by atoms with E-state index in [1.807, 2.05) is 22.8 Å². The first-order chi connectivity index (χ1) is 8.70. The standard InChI is InChI=1S/C13H17BrN4/c1-17-5-2-3-10(9-17)7-12-15-13-8-11(14)4-6-18(13)16-12/h4,6,8,10H,2-3,5,7,9H2,1H3. The van der Waals surface area contributed by atoms with E-state index in [4.69, 9.17) is 0 Å². The minimum absolute atomic E-state index is 0.699. The molecule has 0 bridgehead atoms. The lowest BCUT2D eigenvalue weighted by molar-refractivity contribution is 0.207. The first kappa shape index (κ1) is 12.1. The molecule has 2 aromatic heterocycles. The van der Waals surface area contributed by atoms with E-state index in [2.05, 4.69) is 38.0 Å². The summed E-state index contributed by atoms with van der Waals surface area (Å²) in [6.07, 6.45) is 5.52. The van der Waals surface area contributed by atoms with Gasteiger partial charge in [-0.3, -0.25) is 0 Å². The molecular weight excluding hydrogens is 292 g/mol. The molecular formula is C13H17BrN4. The molecule has 3 heterocycles. The first-order valence-corrected chi connectivity index (χ1v) is 7.19. The third-order valence-electron chi connectivity index (χ3n) is 3.54. The third kappa shape index (κ3) is 2.57. The lowest BCUT2D eigenvalue weighted by Crippen LogP contribution is -2.33. The van der Waals surface area contributed by atoms with E-state index in [0.29, 0.717) is 5.92 Å². The Morgan fingerprint density at radius 1 is 1.50 bits per heavy atom. The van der Waals surface area contributed by atoms with E-state index in [0.717, 1.165) is 22.4 Å². The molecule has 0 aromatic carbocycles. The summed E-state index contributed by atoms with van der Waals surface area (Å²) in [5.41, 5.74) is 0.920. The maximum atomic E-state index is 4.60. The minimum Gasteiger partial charge on any atom is -0.306 e. The monoisotopic (exact) mass is 308 g/mol. The Balaban J connectivity index is 1.78. The maximum absolute atomic E-state index is 4.60. The SMILES string of the molecule is CN1CCCC(Cc2nc3cc(Br)ccn3n2)C1. The lowest BCUT2D eigenvalue weighted by atomic mass is 9.95. The quantitative estimate of drug-likeness (QED) is 0.854. The molecule has 0 radical (unpaired) electrons. The van der Waals surface area contributed by atoms with Crippen LogP contribution in [0.15, 0.2) is 22.8 Å². The van der Waals surface area contributed by atoms with Crippen molar-refractivity contribution in [2.24, 2.45) is 5.92 Å². The molecule has 5 heteroatoms. The number of likely N-dealkylation sites (tertiary alicyclic amines) is 1. The van der Waals surface area contributed by atoms with Crippen molar-refractivity contribution in [2.75, 3.05) is 20.1 Å². The smallest absolute Gasteiger partial charge is 0.156 e. The van der Waals surface area contributed by atoms with Gasteiger partial charge in [-0.05, 0) is 44.5 Å². The van der Waals surface area contributed by atoms with Crippen LogP contribution >= 0.6 is 15.9 Å². The number of fused-ring (bicyclic) bond motifs is 1. The van der Waals surface area contributed by atoms with Crippen molar-refractivity contribution in [3.63, 3.8) is 0 Å². The van der Waals surface area contributed by atoms with Crippen LogP contribution < -0.4 is 0 Å². The van der Waals surface area contributed by atoms with Gasteiger partial charge in [-0.25, -0.2) is 9.50 Å². The van der Waals surface area contributed by atoms with Gasteiger partial charge in [-0.2, -0.15) is 5.10 Å². The van der Waals surface area contributed by atoms with E-state index >= 15 is 0 Å². The Morgan fingerprint density at radius 2 is 2.39 bits per heavy atom. The van der Waals surface area contributed by atoms with Gasteiger partial charge in [0.25, 0.3) is 0 Å². The number of pyridine rings is 1. The molecule has 96 valence electrons. The highest BCUT2D eigenvalue weighted by Crippen LogP contribution is 2.19. The Labute approximate surface area is 115 Å². The molecule has 1 atom stereocenters. The molecule has 1 aliphatic rings. The zero-order valence-electron chi connectivity index (χ0n) is 10.5. The summed E-state index contributed by atoms with van der Waals surface area (Å²) >= 11 is 3.46. The third-order valence-corrected chi connectivity index (χ3v) is 4.03. The maximum Gasteiger partial charge on any atom is 0.156 e. The fourth-order valence-corrected chi connectivity index (χ4v) is 3.01. The number of hydrogen-bond donors (Lipinski definition) is 0. The van der Waals surface area contributed by atoms with Gasteiger partial charge in [0.05, 0.1) is 0 Å². The Bertz CT molecular complexity index is 551. The summed E-state index contributed by atoms with van der Waals surface area (Å²) in [6.45, 7) is 2.39. The normalized spacial score (nSPS) is 21.6. The number of aromatic nitrogens is 3. The van der Waals surface area contributed by atoms with Crippen LogP contribution in [0.3, 0.4) is 0 Å². The molecule has 1 unspecified atom stereocenters. The van der Waals surface area contributed by atoms with Gasteiger partial charge in [0.15, 0.2) is 11.5 Å². The molecule has 1 aliphatic heterocycles. The van der Waals surface area contributed by atoms with Crippen molar-refractivity contribution in [3.8, 4) is 0 Å². The second kappa shape index (κ2) is 4.97. The number of halogens is 1. The van der Waals surface area contributed by atoms with Gasteiger partial charge in [-0.15, -0.1) is 0 Å². The number of nitrogens with zero attached hydrogens (tertiary/aromatic N) is 4. The van der Waals surface area contributed by atoms with Crippen LogP contribution in [-0.4, -0.2) is 39.6 Å². The number of piperidine rings is 1. The molecule has 4 nitrogen and oxygen atoms in total. The second-order valence-corrected chi connectivity index (χ2v) is 6.07. The van der Waals surface area contributed by atoms with Crippen molar-refractivity contribution in [3.05, 3.63) is 28.6 Å². The molecule has 3 rings (SSSR count). The van der Waals surface area contributed by atoms with Crippen LogP contribution in [0.1, 0.15) is 18.7 Å². The largest absolute Gasteiger partial charge is 0.306 e. The summed E-state index contributed by atoms with van der Waals surface area (Å²) < 4.78 is 2.90. The van der Waals surface area contributed by atoms with Crippen LogP contribution in [0.5, 0.6) is 0 Å². The molecule has 18 heavy (non-hydrogen) atoms. The van der Waals surface area contributed by atoms with Crippen molar-refractivity contribution < 1.29 is 0 Å². The summed E-state index contributed by atoms with van der Waals surface area (Å²) in [6, 6.07) is 3.99. The highest BCUT2D eigenvalue weighted by Gasteiger charge is 2.19. The number of hydrogen-bond acceptors (Lipinski definition) is 3. The van der Waals surface area contributed by atoms with Crippen molar-refractivity contribution in [1.82, 2.24) is 19.5 Å². The summed E-state index contributed by atoms with van der Waals surface area (Å²) in [5.74, 6) is 1.66. The summed E-state index contributed by atoms with van der Waals surface area (Å²) in [5, 5.41) is 4.54. The van der Waals surface area contributed by atoms with Gasteiger partial charge in [-0.1, -0.05) is 15.9 Å². The summed E-state index contributed by atoms with van der Waals surface area (Å²) in [4.78, 5) is 7.00. The van der Waals surface area contributed by atoms with Crippen LogP contribution in [0.4, 0.5) is 0 Å². The number of rotatable bonds is 2. The molecule has 0 N–H and O–H groups in total. The molecule has 0 aliphatic carbocycles. The highest BCUT2D eigenvalue weighted by molar-refractivity contribution is 9.10. The highest BCUT2D eigenvalue weighted by atomic mass is 79.9. The van der Waals surface area contributed by atoms with E-state index in [1.165, 1.54) is 25.9 Å². The second-order valence-electron chi connectivity index (χ2n) is 5.15. The lowest BCUT2D eigenvalue weighted by Gasteiger charge is -2.28. The van der Waals surface area contributed by atoms with Crippen LogP contribution in [0.25, 0.3) is 5.65 Å². The molecule has 0 saturated carbocycles. The fraction of sp³-hybridized carbons (Fsp3) is 0.538. The zero-order valence-corrected chi connectivity index (χ0v) is 12.1. The summed E-state index contributed by atoms with van der Waals surface area (Å²) in [7, 11) is 2.19. The van der Waals surface area contributed by atoms with Gasteiger partial charge in [0, 0.05) is 23.6 Å². The van der Waals surface area contributed by atoms with E-state index in [-0.39, 0.29) is 0 Å². The predicted molar refractivity (Wildman–Crippen MR) is 74.6 cm³/mol. The molecule has 1 saturated heterocycles. The van der Waals surface area contributed by atoms with E-state index < -0.39 is 0 Å². The van der Waals surface area contributed by atoms with Gasteiger partial charge in [0.1, 0.15) is 0 Å². The van der Waals surface area contributed by atoms with Crippen LogP contribution in [0.2, 0.25) is 0 Å². The molecule has 0 spiro atoms. The Hall–Kier alpha value is -0.940. The van der Waals surface area contributed by atoms with Crippen LogP contribution in [0, 0.1) is 5.92 Å². The van der Waals surface area contributed by atoms with Crippen LogP contribution in [-0.2, 0) is 6.42 Å². The molecule has 2 aromatic rings. The van der Waals surface area contributed by atoms with Crippen molar-refractivity contribution >= 4 is 21.6 Å². The molecule has 1 fully saturated rings. The molecule has 0 amide bonds. The average Bonchev–Trinajstić information content (AvgIpc) is 2.70. The van der Waals surface area contributed by atoms with Crippen molar-refractivity contribution in [1.29, 1.82) is 0 Å². The van der Waals surface area contributed by atoms with E-state index in [9.17, 15) is 0 Å². The van der Waals surface area contributed by atoms with Crippen molar-refractivity contribution in [2.45, 2.75) is 19.3 Å². The Morgan fingerprint density at radius 3 is 3.22 bits per heavy atom. The first-order valence-electron chi connectivity index (χ1n) is 6.40. The fourth-order valence-electron chi connectivity index (χ4n) is 2.69. The predicted octanol–water partition coefficient (Wildman–Crippen LogP) is 2.38. The Kier molecular flexibility index (Phi) is 3.35. The van der Waals surface area contributed by atoms with Gasteiger partial charge < -0.3 is 4.90 Å². The van der Waals surface area contributed by atoms with Gasteiger partial charge >= 0.3 is 0 Å². The zero-order chi connectivity index (χ0) is 12.5.